The van der Waals surface area contributed by atoms with Crippen molar-refractivity contribution in [1.29, 1.82) is 0 Å². The maximum atomic E-state index is 11.8. The predicted octanol–water partition coefficient (Wildman–Crippen LogP) is 0.648. The van der Waals surface area contributed by atoms with Crippen LogP contribution in [-0.4, -0.2) is 29.7 Å². The van der Waals surface area contributed by atoms with Crippen molar-refractivity contribution in [2.24, 2.45) is 0 Å². The fourth-order valence-corrected chi connectivity index (χ4v) is 2.59. The highest BCUT2D eigenvalue weighted by molar-refractivity contribution is 7.07. The Morgan fingerprint density at radius 3 is 3.12 bits per heavy atom. The van der Waals surface area contributed by atoms with E-state index in [0.717, 1.165) is 5.56 Å². The fourth-order valence-electron chi connectivity index (χ4n) is 1.84. The van der Waals surface area contributed by atoms with E-state index in [1.165, 1.54) is 0 Å². The molecule has 2 heterocycles. The number of aliphatic hydroxyl groups is 1. The van der Waals surface area contributed by atoms with Crippen LogP contribution in [0.1, 0.15) is 24.9 Å². The topological polar surface area (TPSA) is 61.4 Å². The first-order chi connectivity index (χ1) is 7.66. The summed E-state index contributed by atoms with van der Waals surface area (Å²) in [6.07, 6.45) is 0.106. The van der Waals surface area contributed by atoms with Crippen LogP contribution in [0, 0.1) is 0 Å². The predicted molar refractivity (Wildman–Crippen MR) is 63.3 cm³/mol. The Morgan fingerprint density at radius 1 is 1.75 bits per heavy atom. The molecule has 1 saturated heterocycles. The van der Waals surface area contributed by atoms with E-state index in [9.17, 15) is 9.90 Å². The van der Waals surface area contributed by atoms with Gasteiger partial charge in [-0.25, -0.2) is 0 Å². The summed E-state index contributed by atoms with van der Waals surface area (Å²) < 4.78 is 0. The highest BCUT2D eigenvalue weighted by Crippen LogP contribution is 2.16. The summed E-state index contributed by atoms with van der Waals surface area (Å²) in [6, 6.07) is 1.78. The molecule has 0 spiro atoms. The lowest BCUT2D eigenvalue weighted by Crippen LogP contribution is -2.41. The Balaban J connectivity index is 1.88. The zero-order valence-corrected chi connectivity index (χ0v) is 9.96. The summed E-state index contributed by atoms with van der Waals surface area (Å²) in [6.45, 7) is 2.47. The van der Waals surface area contributed by atoms with Crippen molar-refractivity contribution in [2.75, 3.05) is 6.54 Å². The Hall–Kier alpha value is -0.910. The maximum Gasteiger partial charge on any atom is 0.237 e. The maximum absolute atomic E-state index is 11.8. The number of hydrogen-bond acceptors (Lipinski definition) is 4. The summed E-state index contributed by atoms with van der Waals surface area (Å²) in [5, 5.41) is 19.3. The number of carbonyl (C=O) groups is 1. The minimum absolute atomic E-state index is 0.0262. The van der Waals surface area contributed by atoms with E-state index in [2.05, 4.69) is 10.6 Å². The Labute approximate surface area is 98.7 Å². The summed E-state index contributed by atoms with van der Waals surface area (Å²) in [5.74, 6) is -0.0322. The molecule has 16 heavy (non-hydrogen) atoms. The molecule has 3 unspecified atom stereocenters. The van der Waals surface area contributed by atoms with Crippen molar-refractivity contribution >= 4 is 17.2 Å². The molecule has 88 valence electrons. The van der Waals surface area contributed by atoms with Crippen LogP contribution in [0.2, 0.25) is 0 Å². The van der Waals surface area contributed by atoms with Gasteiger partial charge in [-0.2, -0.15) is 11.3 Å². The van der Waals surface area contributed by atoms with Gasteiger partial charge in [0.15, 0.2) is 0 Å². The molecule has 2 rings (SSSR count). The number of hydrogen-bond donors (Lipinski definition) is 3. The number of nitrogens with one attached hydrogen (secondary N) is 2. The lowest BCUT2D eigenvalue weighted by Gasteiger charge is -2.16. The molecule has 1 amide bonds. The molecule has 5 heteroatoms. The molecule has 0 radical (unpaired) electrons. The number of carbonyl (C=O) groups excluding carboxylic acids is 1. The third-order valence-corrected chi connectivity index (χ3v) is 3.53. The molecule has 0 saturated carbocycles. The van der Waals surface area contributed by atoms with E-state index >= 15 is 0 Å². The van der Waals surface area contributed by atoms with Crippen LogP contribution in [0.5, 0.6) is 0 Å². The van der Waals surface area contributed by atoms with Gasteiger partial charge >= 0.3 is 0 Å². The molecule has 3 N–H and O–H groups in total. The van der Waals surface area contributed by atoms with E-state index < -0.39 is 6.10 Å². The molecular formula is C11H16N2O2S. The van der Waals surface area contributed by atoms with Gasteiger partial charge in [0.25, 0.3) is 0 Å². The average Bonchev–Trinajstić information content (AvgIpc) is 2.87. The van der Waals surface area contributed by atoms with Crippen LogP contribution >= 0.6 is 11.3 Å². The van der Waals surface area contributed by atoms with Crippen molar-refractivity contribution in [2.45, 2.75) is 31.5 Å². The Kier molecular flexibility index (Phi) is 3.58. The number of amides is 1. The summed E-state index contributed by atoms with van der Waals surface area (Å²) in [5.41, 5.74) is 1.12. The van der Waals surface area contributed by atoms with E-state index in [-0.39, 0.29) is 18.0 Å². The van der Waals surface area contributed by atoms with Crippen molar-refractivity contribution < 1.29 is 9.90 Å². The second-order valence-corrected chi connectivity index (χ2v) is 4.92. The van der Waals surface area contributed by atoms with Crippen molar-refractivity contribution in [3.8, 4) is 0 Å². The molecule has 0 bridgehead atoms. The molecule has 1 aliphatic rings. The third-order valence-electron chi connectivity index (χ3n) is 2.83. The number of thiophene rings is 1. The first-order valence-electron chi connectivity index (χ1n) is 5.40. The average molecular weight is 240 g/mol. The molecule has 3 atom stereocenters. The number of rotatable bonds is 3. The fraction of sp³-hybridized carbons (Fsp3) is 0.545. The standard InChI is InChI=1S/C11H16N2O2S/c1-7(8-2-3-16-6-8)13-11(15)10-4-9(14)5-12-10/h2-3,6-7,9-10,12,14H,4-5H2,1H3,(H,13,15). The van der Waals surface area contributed by atoms with Crippen LogP contribution < -0.4 is 10.6 Å². The summed E-state index contributed by atoms with van der Waals surface area (Å²) in [4.78, 5) is 11.8. The molecule has 1 aromatic heterocycles. The minimum Gasteiger partial charge on any atom is -0.392 e. The SMILES string of the molecule is CC(NC(=O)C1CC(O)CN1)c1ccsc1. The van der Waals surface area contributed by atoms with Crippen molar-refractivity contribution in [1.82, 2.24) is 10.6 Å². The number of aliphatic hydroxyl groups excluding tert-OH is 1. The largest absolute Gasteiger partial charge is 0.392 e. The van der Waals surface area contributed by atoms with Crippen LogP contribution in [0.15, 0.2) is 16.8 Å². The molecule has 1 fully saturated rings. The molecule has 4 nitrogen and oxygen atoms in total. The van der Waals surface area contributed by atoms with Crippen molar-refractivity contribution in [3.63, 3.8) is 0 Å². The molecule has 0 aliphatic carbocycles. The molecule has 1 aromatic rings. The highest BCUT2D eigenvalue weighted by atomic mass is 32.1. The summed E-state index contributed by atoms with van der Waals surface area (Å²) >= 11 is 1.62. The first-order valence-corrected chi connectivity index (χ1v) is 6.35. The van der Waals surface area contributed by atoms with Crippen LogP contribution in [0.25, 0.3) is 0 Å². The molecule has 0 aromatic carbocycles. The van der Waals surface area contributed by atoms with Gasteiger partial charge in [0, 0.05) is 6.54 Å². The van der Waals surface area contributed by atoms with E-state index in [4.69, 9.17) is 0 Å². The van der Waals surface area contributed by atoms with Crippen LogP contribution in [-0.2, 0) is 4.79 Å². The van der Waals surface area contributed by atoms with E-state index in [0.29, 0.717) is 13.0 Å². The van der Waals surface area contributed by atoms with Gasteiger partial charge in [-0.05, 0) is 35.7 Å². The number of β-amino-alcohol motifs (C(OH)–C–C–N with tert-alkyl or cyclic N) is 1. The zero-order valence-electron chi connectivity index (χ0n) is 9.14. The lowest BCUT2D eigenvalue weighted by atomic mass is 10.1. The monoisotopic (exact) mass is 240 g/mol. The van der Waals surface area contributed by atoms with Gasteiger partial charge in [-0.3, -0.25) is 4.79 Å². The van der Waals surface area contributed by atoms with E-state index in [1.54, 1.807) is 11.3 Å². The van der Waals surface area contributed by atoms with E-state index in [1.807, 2.05) is 23.8 Å². The normalized spacial score (nSPS) is 26.6. The van der Waals surface area contributed by atoms with Gasteiger partial charge in [0.2, 0.25) is 5.91 Å². The Morgan fingerprint density at radius 2 is 2.56 bits per heavy atom. The zero-order chi connectivity index (χ0) is 11.5. The summed E-state index contributed by atoms with van der Waals surface area (Å²) in [7, 11) is 0. The van der Waals surface area contributed by atoms with Gasteiger partial charge in [-0.1, -0.05) is 0 Å². The second-order valence-electron chi connectivity index (χ2n) is 4.14. The van der Waals surface area contributed by atoms with Gasteiger partial charge in [0.05, 0.1) is 18.2 Å². The van der Waals surface area contributed by atoms with Crippen molar-refractivity contribution in [3.05, 3.63) is 22.4 Å². The van der Waals surface area contributed by atoms with Gasteiger partial charge in [-0.15, -0.1) is 0 Å². The Bertz CT molecular complexity index is 353. The van der Waals surface area contributed by atoms with Gasteiger partial charge < -0.3 is 15.7 Å². The minimum atomic E-state index is -0.396. The van der Waals surface area contributed by atoms with Crippen LogP contribution in [0.3, 0.4) is 0 Å². The molecule has 1 aliphatic heterocycles. The smallest absolute Gasteiger partial charge is 0.237 e. The highest BCUT2D eigenvalue weighted by Gasteiger charge is 2.28. The quantitative estimate of drug-likeness (QED) is 0.727. The first kappa shape index (κ1) is 11.6. The third kappa shape index (κ3) is 2.61. The van der Waals surface area contributed by atoms with Crippen LogP contribution in [0.4, 0.5) is 0 Å². The molecular weight excluding hydrogens is 224 g/mol. The lowest BCUT2D eigenvalue weighted by molar-refractivity contribution is -0.123. The van der Waals surface area contributed by atoms with Gasteiger partial charge in [0.1, 0.15) is 0 Å². The second kappa shape index (κ2) is 4.95.